The largest absolute Gasteiger partial charge is 0.755 e. The van der Waals surface area contributed by atoms with Crippen LogP contribution in [0.3, 0.4) is 0 Å². The van der Waals surface area contributed by atoms with Crippen molar-refractivity contribution in [2.45, 2.75) is 9.79 Å². The molecule has 2 N–H and O–H groups in total. The van der Waals surface area contributed by atoms with Crippen LogP contribution in [0.15, 0.2) is 52.3 Å². The molecule has 0 radical (unpaired) electrons. The number of hydrogen-bond acceptors (Lipinski definition) is 6. The molecule has 0 amide bonds. The van der Waals surface area contributed by atoms with Crippen molar-refractivity contribution in [2.24, 2.45) is 0 Å². The average Bonchev–Trinajstić information content (AvgIpc) is 2.48. The maximum atomic E-state index is 11.2. The smallest absolute Gasteiger partial charge is 0.336 e. The molecule has 0 spiro atoms. The highest BCUT2D eigenvalue weighted by atomic mass is 32.2. The summed E-state index contributed by atoms with van der Waals surface area (Å²) in [6.07, 6.45) is 0. The molecule has 2 rings (SSSR count). The highest BCUT2D eigenvalue weighted by molar-refractivity contribution is 7.99. The zero-order valence-electron chi connectivity index (χ0n) is 11.3. The number of benzene rings is 2. The van der Waals surface area contributed by atoms with Gasteiger partial charge in [0.15, 0.2) is 0 Å². The van der Waals surface area contributed by atoms with Crippen LogP contribution in [0.2, 0.25) is 0 Å². The summed E-state index contributed by atoms with van der Waals surface area (Å²) in [5.41, 5.74) is -1.05. The van der Waals surface area contributed by atoms with Gasteiger partial charge in [-0.25, -0.2) is 4.79 Å². The molecule has 0 aliphatic heterocycles. The molecule has 0 aliphatic carbocycles. The number of aromatic carboxylic acids is 1. The van der Waals surface area contributed by atoms with Crippen molar-refractivity contribution < 1.29 is 23.6 Å². The topological polar surface area (TPSA) is 133 Å². The molecule has 0 saturated carbocycles. The number of nitro groups is 1. The van der Waals surface area contributed by atoms with Gasteiger partial charge in [0.25, 0.3) is 5.69 Å². The van der Waals surface area contributed by atoms with Gasteiger partial charge in [0.2, 0.25) is 0 Å². The average molecular weight is 353 g/mol. The van der Waals surface area contributed by atoms with Crippen molar-refractivity contribution in [3.05, 3.63) is 58.1 Å². The first-order chi connectivity index (χ1) is 10.9. The first kappa shape index (κ1) is 16.9. The van der Waals surface area contributed by atoms with E-state index in [9.17, 15) is 23.7 Å². The predicted molar refractivity (Wildman–Crippen MR) is 83.2 cm³/mol. The Kier molecular flexibility index (Phi) is 5.32. The summed E-state index contributed by atoms with van der Waals surface area (Å²) in [7, 11) is 0. The van der Waals surface area contributed by atoms with Gasteiger partial charge < -0.3 is 14.4 Å². The Morgan fingerprint density at radius 2 is 1.91 bits per heavy atom. The Balaban J connectivity index is 2.62. The van der Waals surface area contributed by atoms with Crippen molar-refractivity contribution in [1.29, 1.82) is 0 Å². The molecule has 0 heterocycles. The summed E-state index contributed by atoms with van der Waals surface area (Å²) >= 11 is -1.80. The van der Waals surface area contributed by atoms with Crippen molar-refractivity contribution in [3.63, 3.8) is 0 Å². The van der Waals surface area contributed by atoms with E-state index in [1.165, 1.54) is 0 Å². The highest BCUT2D eigenvalue weighted by Crippen LogP contribution is 2.41. The van der Waals surface area contributed by atoms with Crippen LogP contribution in [-0.2, 0) is 11.3 Å². The van der Waals surface area contributed by atoms with Crippen LogP contribution in [0.1, 0.15) is 10.4 Å². The van der Waals surface area contributed by atoms with Gasteiger partial charge >= 0.3 is 5.97 Å². The molecule has 0 aromatic heterocycles. The van der Waals surface area contributed by atoms with E-state index in [-0.39, 0.29) is 16.1 Å². The standard InChI is InChI=1S/C13H10N2O6S2/c16-13(17)8-6-10(14-23(20)21)12(11(7-8)15(18)19)22-9-4-2-1-3-5-9/h1-7,14H,(H,16,17)(H,20,21)/p-1. The third-order valence-corrected chi connectivity index (χ3v) is 4.20. The monoisotopic (exact) mass is 353 g/mol. The number of hydrogen-bond donors (Lipinski definition) is 2. The van der Waals surface area contributed by atoms with E-state index < -0.39 is 27.8 Å². The molecule has 0 fully saturated rings. The molecular weight excluding hydrogens is 344 g/mol. The second-order valence-electron chi connectivity index (χ2n) is 4.19. The summed E-state index contributed by atoms with van der Waals surface area (Å²) in [5.74, 6) is -1.40. The quantitative estimate of drug-likeness (QED) is 0.463. The summed E-state index contributed by atoms with van der Waals surface area (Å²) in [6.45, 7) is 0. The number of carboxylic acid groups (broad SMARTS) is 1. The molecule has 0 saturated heterocycles. The van der Waals surface area contributed by atoms with Crippen LogP contribution in [0.5, 0.6) is 0 Å². The highest BCUT2D eigenvalue weighted by Gasteiger charge is 2.23. The zero-order valence-corrected chi connectivity index (χ0v) is 12.9. The number of nitrogens with zero attached hydrogens (tertiary/aromatic N) is 1. The van der Waals surface area contributed by atoms with E-state index in [1.54, 1.807) is 30.3 Å². The Bertz CT molecular complexity index is 782. The molecule has 10 heteroatoms. The van der Waals surface area contributed by atoms with Gasteiger partial charge in [-0.1, -0.05) is 30.0 Å². The molecule has 2 aromatic rings. The minimum Gasteiger partial charge on any atom is -0.755 e. The Morgan fingerprint density at radius 1 is 1.26 bits per heavy atom. The lowest BCUT2D eigenvalue weighted by molar-refractivity contribution is -0.387. The number of carbonyl (C=O) groups is 1. The summed E-state index contributed by atoms with van der Waals surface area (Å²) in [6, 6.07) is 10.5. The van der Waals surface area contributed by atoms with E-state index in [0.717, 1.165) is 23.9 Å². The molecular formula is C13H9N2O6S2-. The number of carboxylic acids is 1. The van der Waals surface area contributed by atoms with Crippen molar-refractivity contribution in [3.8, 4) is 0 Å². The fourth-order valence-electron chi connectivity index (χ4n) is 1.75. The molecule has 1 atom stereocenters. The van der Waals surface area contributed by atoms with Crippen LogP contribution >= 0.6 is 11.8 Å². The zero-order chi connectivity index (χ0) is 17.0. The predicted octanol–water partition coefficient (Wildman–Crippen LogP) is 2.65. The number of nitro benzene ring substituents is 1. The molecule has 0 aliphatic rings. The van der Waals surface area contributed by atoms with Crippen LogP contribution in [0.4, 0.5) is 11.4 Å². The molecule has 0 bridgehead atoms. The van der Waals surface area contributed by atoms with Crippen molar-refractivity contribution in [2.75, 3.05) is 4.72 Å². The molecule has 8 nitrogen and oxygen atoms in total. The van der Waals surface area contributed by atoms with Gasteiger partial charge in [-0.2, -0.15) is 0 Å². The third kappa shape index (κ3) is 4.28. The number of anilines is 1. The van der Waals surface area contributed by atoms with E-state index in [4.69, 9.17) is 5.11 Å². The molecule has 2 aromatic carbocycles. The SMILES string of the molecule is O=C(O)c1cc(NS(=O)[O-])c(Sc2ccccc2)c([N+](=O)[O-])c1. The summed E-state index contributed by atoms with van der Waals surface area (Å²) in [4.78, 5) is 22.2. The molecule has 120 valence electrons. The first-order valence-corrected chi connectivity index (χ1v) is 7.92. The second-order valence-corrected chi connectivity index (χ2v) is 5.94. The number of rotatable bonds is 6. The minimum absolute atomic E-state index is 0.00963. The maximum absolute atomic E-state index is 11.2. The van der Waals surface area contributed by atoms with Crippen molar-refractivity contribution in [1.82, 2.24) is 0 Å². The lowest BCUT2D eigenvalue weighted by Crippen LogP contribution is -2.07. The lowest BCUT2D eigenvalue weighted by atomic mass is 10.2. The summed E-state index contributed by atoms with van der Waals surface area (Å²) in [5, 5.41) is 20.3. The molecule has 1 unspecified atom stereocenters. The Labute approximate surface area is 137 Å². The van der Waals surface area contributed by atoms with E-state index in [1.807, 2.05) is 4.72 Å². The van der Waals surface area contributed by atoms with Crippen LogP contribution in [-0.4, -0.2) is 24.8 Å². The van der Waals surface area contributed by atoms with Crippen LogP contribution < -0.4 is 4.72 Å². The normalized spacial score (nSPS) is 11.7. The van der Waals surface area contributed by atoms with Gasteiger partial charge in [0, 0.05) is 22.2 Å². The Morgan fingerprint density at radius 3 is 2.43 bits per heavy atom. The van der Waals surface area contributed by atoms with Gasteiger partial charge in [0.1, 0.15) is 4.90 Å². The second kappa shape index (κ2) is 7.22. The van der Waals surface area contributed by atoms with E-state index >= 15 is 0 Å². The third-order valence-electron chi connectivity index (χ3n) is 2.67. The van der Waals surface area contributed by atoms with Gasteiger partial charge in [-0.05, 0) is 18.2 Å². The first-order valence-electron chi connectivity index (χ1n) is 6.03. The fraction of sp³-hybridized carbons (Fsp3) is 0. The van der Waals surface area contributed by atoms with Gasteiger partial charge in [-0.3, -0.25) is 14.3 Å². The van der Waals surface area contributed by atoms with E-state index in [0.29, 0.717) is 4.90 Å². The molecule has 23 heavy (non-hydrogen) atoms. The fourth-order valence-corrected chi connectivity index (χ4v) is 3.14. The van der Waals surface area contributed by atoms with Gasteiger partial charge in [-0.15, -0.1) is 0 Å². The van der Waals surface area contributed by atoms with Crippen LogP contribution in [0.25, 0.3) is 0 Å². The maximum Gasteiger partial charge on any atom is 0.336 e. The van der Waals surface area contributed by atoms with Gasteiger partial charge in [0.05, 0.1) is 16.2 Å². The van der Waals surface area contributed by atoms with Crippen LogP contribution in [0, 0.1) is 10.1 Å². The summed E-state index contributed by atoms with van der Waals surface area (Å²) < 4.78 is 23.8. The van der Waals surface area contributed by atoms with E-state index in [2.05, 4.69) is 0 Å². The Hall–Kier alpha value is -2.43. The number of nitrogens with one attached hydrogen (secondary N) is 1. The minimum atomic E-state index is -2.76. The lowest BCUT2D eigenvalue weighted by Gasteiger charge is -2.14. The van der Waals surface area contributed by atoms with Crippen molar-refractivity contribution >= 4 is 40.4 Å².